The van der Waals surface area contributed by atoms with Crippen LogP contribution in [0.4, 0.5) is 5.69 Å². The molecule has 0 saturated carbocycles. The molecular weight excluding hydrogens is 420 g/mol. The lowest BCUT2D eigenvalue weighted by molar-refractivity contribution is -0.134. The maximum Gasteiger partial charge on any atom is 0.241 e. The Labute approximate surface area is 195 Å². The van der Waals surface area contributed by atoms with Crippen LogP contribution in [0.25, 0.3) is 0 Å². The summed E-state index contributed by atoms with van der Waals surface area (Å²) in [4.78, 5) is 17.6. The van der Waals surface area contributed by atoms with E-state index in [1.165, 1.54) is 0 Å². The van der Waals surface area contributed by atoms with E-state index in [4.69, 9.17) is 17.0 Å². The van der Waals surface area contributed by atoms with Gasteiger partial charge in [0.05, 0.1) is 18.8 Å². The summed E-state index contributed by atoms with van der Waals surface area (Å²) in [7, 11) is 1.66. The van der Waals surface area contributed by atoms with Crippen molar-refractivity contribution in [1.29, 1.82) is 0 Å². The number of thiocarbonyl (C=S) groups is 1. The molecule has 2 N–H and O–H groups in total. The smallest absolute Gasteiger partial charge is 0.241 e. The zero-order valence-electron chi connectivity index (χ0n) is 19.0. The van der Waals surface area contributed by atoms with Gasteiger partial charge in [0, 0.05) is 38.2 Å². The van der Waals surface area contributed by atoms with Crippen molar-refractivity contribution < 1.29 is 9.53 Å². The highest BCUT2D eigenvalue weighted by molar-refractivity contribution is 7.80. The van der Waals surface area contributed by atoms with Crippen molar-refractivity contribution in [2.75, 3.05) is 25.5 Å². The van der Waals surface area contributed by atoms with Gasteiger partial charge in [-0.2, -0.15) is 0 Å². The van der Waals surface area contributed by atoms with E-state index in [0.29, 0.717) is 11.7 Å². The van der Waals surface area contributed by atoms with E-state index in [0.717, 1.165) is 42.9 Å². The Morgan fingerprint density at radius 2 is 1.81 bits per heavy atom. The molecule has 0 radical (unpaired) electrons. The Balaban J connectivity index is 1.45. The number of piperidine rings is 1. The molecular formula is C25H32N4O2S. The van der Waals surface area contributed by atoms with E-state index in [1.54, 1.807) is 7.11 Å². The summed E-state index contributed by atoms with van der Waals surface area (Å²) in [5.74, 6) is 1.27. The van der Waals surface area contributed by atoms with E-state index < -0.39 is 0 Å². The first-order chi connectivity index (χ1) is 15.4. The summed E-state index contributed by atoms with van der Waals surface area (Å²) < 4.78 is 5.22. The third-order valence-electron chi connectivity index (χ3n) is 6.54. The van der Waals surface area contributed by atoms with Crippen molar-refractivity contribution in [2.45, 2.75) is 44.9 Å². The van der Waals surface area contributed by atoms with Gasteiger partial charge < -0.3 is 19.9 Å². The number of ether oxygens (including phenoxy) is 1. The van der Waals surface area contributed by atoms with Gasteiger partial charge >= 0.3 is 0 Å². The number of nitrogens with zero attached hydrogens (tertiary/aromatic N) is 2. The SMILES string of the molecule is COc1ccc(NC(=S)N2CCC3(CC2)N[C@H](C(C)C)C(=O)N3Cc2ccccc2)cc1. The van der Waals surface area contributed by atoms with E-state index in [-0.39, 0.29) is 23.5 Å². The first kappa shape index (κ1) is 22.6. The lowest BCUT2D eigenvalue weighted by Crippen LogP contribution is -2.59. The Morgan fingerprint density at radius 1 is 1.16 bits per heavy atom. The van der Waals surface area contributed by atoms with Crippen LogP contribution < -0.4 is 15.4 Å². The number of carbonyl (C=O) groups is 1. The maximum atomic E-state index is 13.3. The average molecular weight is 453 g/mol. The zero-order valence-corrected chi connectivity index (χ0v) is 19.8. The number of anilines is 1. The van der Waals surface area contributed by atoms with Gasteiger partial charge in [0.15, 0.2) is 5.11 Å². The number of benzene rings is 2. The molecule has 170 valence electrons. The van der Waals surface area contributed by atoms with Gasteiger partial charge in [-0.3, -0.25) is 10.1 Å². The first-order valence-electron chi connectivity index (χ1n) is 11.2. The van der Waals surface area contributed by atoms with Gasteiger partial charge in [-0.15, -0.1) is 0 Å². The van der Waals surface area contributed by atoms with Crippen molar-refractivity contribution in [1.82, 2.24) is 15.1 Å². The quantitative estimate of drug-likeness (QED) is 0.673. The molecule has 2 aliphatic heterocycles. The average Bonchev–Trinajstić information content (AvgIpc) is 3.07. The van der Waals surface area contributed by atoms with Crippen LogP contribution in [0.3, 0.4) is 0 Å². The summed E-state index contributed by atoms with van der Waals surface area (Å²) in [5, 5.41) is 7.76. The normalized spacial score (nSPS) is 20.1. The summed E-state index contributed by atoms with van der Waals surface area (Å²) in [6.07, 6.45) is 1.67. The largest absolute Gasteiger partial charge is 0.497 e. The Bertz CT molecular complexity index is 940. The second-order valence-electron chi connectivity index (χ2n) is 8.95. The third-order valence-corrected chi connectivity index (χ3v) is 6.90. The lowest BCUT2D eigenvalue weighted by Gasteiger charge is -2.45. The molecule has 0 unspecified atom stereocenters. The molecule has 4 rings (SSSR count). The minimum Gasteiger partial charge on any atom is -0.497 e. The number of carbonyl (C=O) groups excluding carboxylic acids is 1. The van der Waals surface area contributed by atoms with Crippen molar-refractivity contribution in [3.8, 4) is 5.75 Å². The van der Waals surface area contributed by atoms with Crippen LogP contribution in [0.2, 0.25) is 0 Å². The van der Waals surface area contributed by atoms with Crippen LogP contribution in [0.5, 0.6) is 5.75 Å². The molecule has 2 aromatic carbocycles. The fraction of sp³-hybridized carbons (Fsp3) is 0.440. The minimum absolute atomic E-state index is 0.144. The van der Waals surface area contributed by atoms with Crippen LogP contribution in [-0.4, -0.2) is 52.7 Å². The highest BCUT2D eigenvalue weighted by atomic mass is 32.1. The molecule has 0 aromatic heterocycles. The monoisotopic (exact) mass is 452 g/mol. The van der Waals surface area contributed by atoms with Crippen molar-refractivity contribution in [3.63, 3.8) is 0 Å². The van der Waals surface area contributed by atoms with E-state index in [9.17, 15) is 4.79 Å². The maximum absolute atomic E-state index is 13.3. The molecule has 1 amide bonds. The Kier molecular flexibility index (Phi) is 6.67. The fourth-order valence-corrected chi connectivity index (χ4v) is 4.93. The highest BCUT2D eigenvalue weighted by Crippen LogP contribution is 2.35. The number of hydrogen-bond acceptors (Lipinski definition) is 4. The third kappa shape index (κ3) is 4.59. The van der Waals surface area contributed by atoms with Gasteiger partial charge in [-0.25, -0.2) is 0 Å². The zero-order chi connectivity index (χ0) is 22.7. The van der Waals surface area contributed by atoms with Crippen LogP contribution in [-0.2, 0) is 11.3 Å². The van der Waals surface area contributed by atoms with Gasteiger partial charge in [0.2, 0.25) is 5.91 Å². The number of amides is 1. The van der Waals surface area contributed by atoms with Crippen LogP contribution in [0.1, 0.15) is 32.3 Å². The molecule has 6 nitrogen and oxygen atoms in total. The summed E-state index contributed by atoms with van der Waals surface area (Å²) in [6.45, 7) is 6.43. The van der Waals surface area contributed by atoms with E-state index in [2.05, 4.69) is 46.4 Å². The predicted molar refractivity (Wildman–Crippen MR) is 132 cm³/mol. The number of nitrogens with one attached hydrogen (secondary N) is 2. The standard InChI is InChI=1S/C25H32N4O2S/c1-18(2)22-23(30)29(17-19-7-5-4-6-8-19)25(27-22)13-15-28(16-14-25)24(32)26-20-9-11-21(31-3)12-10-20/h4-12,18,22,27H,13-17H2,1-3H3,(H,26,32)/t22-/m1/s1. The molecule has 2 fully saturated rings. The molecule has 2 aliphatic rings. The van der Waals surface area contributed by atoms with Crippen LogP contribution in [0.15, 0.2) is 54.6 Å². The fourth-order valence-electron chi connectivity index (χ4n) is 4.63. The Morgan fingerprint density at radius 3 is 2.41 bits per heavy atom. The van der Waals surface area contributed by atoms with E-state index >= 15 is 0 Å². The molecule has 0 bridgehead atoms. The Hall–Kier alpha value is -2.64. The first-order valence-corrected chi connectivity index (χ1v) is 11.7. The van der Waals surface area contributed by atoms with Gasteiger partial charge in [-0.1, -0.05) is 44.2 Å². The van der Waals surface area contributed by atoms with Crippen molar-refractivity contribution >= 4 is 28.9 Å². The van der Waals surface area contributed by atoms with E-state index in [1.807, 2.05) is 42.5 Å². The topological polar surface area (TPSA) is 56.8 Å². The van der Waals surface area contributed by atoms with Crippen LogP contribution >= 0.6 is 12.2 Å². The second kappa shape index (κ2) is 9.46. The molecule has 2 heterocycles. The number of rotatable bonds is 5. The second-order valence-corrected chi connectivity index (χ2v) is 9.34. The van der Waals surface area contributed by atoms with Crippen molar-refractivity contribution in [3.05, 3.63) is 60.2 Å². The molecule has 2 aromatic rings. The molecule has 1 atom stereocenters. The summed E-state index contributed by atoms with van der Waals surface area (Å²) in [6, 6.07) is 17.9. The number of hydrogen-bond donors (Lipinski definition) is 2. The molecule has 32 heavy (non-hydrogen) atoms. The number of methoxy groups -OCH3 is 1. The minimum atomic E-state index is -0.325. The van der Waals surface area contributed by atoms with Crippen molar-refractivity contribution in [2.24, 2.45) is 5.92 Å². The molecule has 1 spiro atoms. The van der Waals surface area contributed by atoms with Gasteiger partial charge in [0.25, 0.3) is 0 Å². The molecule has 2 saturated heterocycles. The predicted octanol–water partition coefficient (Wildman–Crippen LogP) is 3.84. The summed E-state index contributed by atoms with van der Waals surface area (Å²) >= 11 is 5.69. The lowest BCUT2D eigenvalue weighted by atomic mass is 9.95. The van der Waals surface area contributed by atoms with Gasteiger partial charge in [-0.05, 0) is 48.0 Å². The number of likely N-dealkylation sites (tertiary alicyclic amines) is 1. The molecule has 7 heteroatoms. The highest BCUT2D eigenvalue weighted by Gasteiger charge is 2.52. The van der Waals surface area contributed by atoms with Gasteiger partial charge in [0.1, 0.15) is 5.75 Å². The van der Waals surface area contributed by atoms with Crippen LogP contribution in [0, 0.1) is 5.92 Å². The summed E-state index contributed by atoms with van der Waals surface area (Å²) in [5.41, 5.74) is 1.77. The molecule has 0 aliphatic carbocycles.